The molecule has 0 atom stereocenters. The number of benzene rings is 2. The normalized spacial score (nSPS) is 12.7. The molecular weight excluding hydrogens is 353 g/mol. The van der Waals surface area contributed by atoms with Crippen molar-refractivity contribution in [1.29, 1.82) is 0 Å². The summed E-state index contributed by atoms with van der Waals surface area (Å²) in [6.07, 6.45) is 0.905. The number of fused-ring (bicyclic) bond motifs is 1. The van der Waals surface area contributed by atoms with Crippen molar-refractivity contribution in [2.75, 3.05) is 11.9 Å². The lowest BCUT2D eigenvalue weighted by molar-refractivity contribution is 0.102. The molecule has 3 nitrogen and oxygen atoms in total. The zero-order valence-electron chi connectivity index (χ0n) is 10.2. The molecule has 0 aromatic heterocycles. The number of hydrogen-bond donors (Lipinski definition) is 1. The van der Waals surface area contributed by atoms with Crippen molar-refractivity contribution >= 4 is 34.2 Å². The Labute approximate surface area is 125 Å². The summed E-state index contributed by atoms with van der Waals surface area (Å²) >= 11 is 2.20. The Kier molecular flexibility index (Phi) is 3.42. The van der Waals surface area contributed by atoms with Crippen molar-refractivity contribution in [2.24, 2.45) is 0 Å². The van der Waals surface area contributed by atoms with Crippen molar-refractivity contribution in [3.05, 3.63) is 57.2 Å². The molecule has 0 saturated heterocycles. The third-order valence-corrected chi connectivity index (χ3v) is 3.71. The lowest BCUT2D eigenvalue weighted by Crippen LogP contribution is -2.12. The second-order valence-corrected chi connectivity index (χ2v) is 5.63. The van der Waals surface area contributed by atoms with Gasteiger partial charge >= 0.3 is 0 Å². The van der Waals surface area contributed by atoms with Crippen LogP contribution in [0, 0.1) is 3.57 Å². The summed E-state index contributed by atoms with van der Waals surface area (Å²) in [6, 6.07) is 13.3. The first-order valence-electron chi connectivity index (χ1n) is 6.05. The Bertz CT molecular complexity index is 640. The first-order chi connectivity index (χ1) is 9.22. The van der Waals surface area contributed by atoms with Crippen LogP contribution in [0.5, 0.6) is 5.75 Å². The van der Waals surface area contributed by atoms with Crippen LogP contribution >= 0.6 is 22.6 Å². The number of anilines is 1. The third-order valence-electron chi connectivity index (χ3n) is 3.03. The van der Waals surface area contributed by atoms with E-state index in [9.17, 15) is 4.79 Å². The van der Waals surface area contributed by atoms with Crippen LogP contribution in [0.3, 0.4) is 0 Å². The van der Waals surface area contributed by atoms with Gasteiger partial charge in [0.25, 0.3) is 5.91 Å². The number of carbonyl (C=O) groups excluding carboxylic acids is 1. The van der Waals surface area contributed by atoms with Crippen LogP contribution in [0.1, 0.15) is 15.9 Å². The summed E-state index contributed by atoms with van der Waals surface area (Å²) in [6.45, 7) is 0.726. The van der Waals surface area contributed by atoms with E-state index in [0.29, 0.717) is 5.56 Å². The molecule has 0 radical (unpaired) electrons. The fourth-order valence-corrected chi connectivity index (χ4v) is 2.64. The molecule has 0 bridgehead atoms. The zero-order valence-corrected chi connectivity index (χ0v) is 12.3. The molecule has 0 spiro atoms. The van der Waals surface area contributed by atoms with E-state index in [4.69, 9.17) is 4.74 Å². The van der Waals surface area contributed by atoms with Crippen LogP contribution in [0.15, 0.2) is 42.5 Å². The van der Waals surface area contributed by atoms with Gasteiger partial charge in [0.2, 0.25) is 0 Å². The number of nitrogens with one attached hydrogen (secondary N) is 1. The minimum Gasteiger partial charge on any atom is -0.493 e. The van der Waals surface area contributed by atoms with E-state index >= 15 is 0 Å². The first-order valence-corrected chi connectivity index (χ1v) is 7.13. The lowest BCUT2D eigenvalue weighted by Gasteiger charge is -2.07. The van der Waals surface area contributed by atoms with Gasteiger partial charge in [-0.05, 0) is 64.6 Å². The lowest BCUT2D eigenvalue weighted by atomic mass is 10.1. The highest BCUT2D eigenvalue weighted by Crippen LogP contribution is 2.28. The molecule has 3 rings (SSSR count). The van der Waals surface area contributed by atoms with Crippen LogP contribution in [0.2, 0.25) is 0 Å². The van der Waals surface area contributed by atoms with E-state index in [2.05, 4.69) is 27.9 Å². The van der Waals surface area contributed by atoms with Crippen molar-refractivity contribution in [3.63, 3.8) is 0 Å². The van der Waals surface area contributed by atoms with Gasteiger partial charge in [-0.25, -0.2) is 0 Å². The molecule has 0 unspecified atom stereocenters. The van der Waals surface area contributed by atoms with E-state index in [-0.39, 0.29) is 5.91 Å². The maximum Gasteiger partial charge on any atom is 0.255 e. The average Bonchev–Trinajstić information content (AvgIpc) is 2.86. The topological polar surface area (TPSA) is 38.3 Å². The summed E-state index contributed by atoms with van der Waals surface area (Å²) in [4.78, 5) is 12.1. The Morgan fingerprint density at radius 1 is 1.21 bits per heavy atom. The van der Waals surface area contributed by atoms with Gasteiger partial charge in [-0.2, -0.15) is 0 Å². The number of halogens is 1. The maximum absolute atomic E-state index is 12.1. The minimum absolute atomic E-state index is 0.0858. The molecule has 96 valence electrons. The molecule has 1 N–H and O–H groups in total. The molecule has 0 saturated carbocycles. The van der Waals surface area contributed by atoms with Crippen molar-refractivity contribution in [3.8, 4) is 5.75 Å². The molecule has 1 heterocycles. The summed E-state index contributed by atoms with van der Waals surface area (Å²) in [7, 11) is 0. The molecule has 2 aromatic rings. The third kappa shape index (κ3) is 2.73. The van der Waals surface area contributed by atoms with Crippen LogP contribution in [-0.4, -0.2) is 12.5 Å². The predicted molar refractivity (Wildman–Crippen MR) is 82.8 cm³/mol. The zero-order chi connectivity index (χ0) is 13.2. The molecule has 0 aliphatic carbocycles. The van der Waals surface area contributed by atoms with Gasteiger partial charge in [0, 0.05) is 21.2 Å². The summed E-state index contributed by atoms with van der Waals surface area (Å²) in [5, 5.41) is 2.92. The van der Waals surface area contributed by atoms with Crippen molar-refractivity contribution < 1.29 is 9.53 Å². The van der Waals surface area contributed by atoms with Gasteiger partial charge < -0.3 is 10.1 Å². The number of ether oxygens (including phenoxy) is 1. The fourth-order valence-electron chi connectivity index (χ4n) is 2.10. The molecule has 4 heteroatoms. The van der Waals surface area contributed by atoms with Gasteiger partial charge in [0.15, 0.2) is 0 Å². The number of rotatable bonds is 2. The number of carbonyl (C=O) groups is 1. The summed E-state index contributed by atoms with van der Waals surface area (Å²) in [5.41, 5.74) is 2.64. The first kappa shape index (κ1) is 12.5. The molecular formula is C15H12INO2. The average molecular weight is 365 g/mol. The van der Waals surface area contributed by atoms with E-state index in [1.165, 1.54) is 0 Å². The Balaban J connectivity index is 1.80. The summed E-state index contributed by atoms with van der Waals surface area (Å²) < 4.78 is 6.49. The van der Waals surface area contributed by atoms with Gasteiger partial charge in [0.1, 0.15) is 5.75 Å². The maximum atomic E-state index is 12.1. The number of hydrogen-bond acceptors (Lipinski definition) is 2. The highest BCUT2D eigenvalue weighted by atomic mass is 127. The van der Waals surface area contributed by atoms with Gasteiger partial charge in [-0.3, -0.25) is 4.79 Å². The van der Waals surface area contributed by atoms with E-state index in [1.807, 2.05) is 42.5 Å². The molecule has 2 aromatic carbocycles. The quantitative estimate of drug-likeness (QED) is 0.828. The largest absolute Gasteiger partial charge is 0.493 e. The highest BCUT2D eigenvalue weighted by Gasteiger charge is 2.13. The molecule has 1 aliphatic rings. The second kappa shape index (κ2) is 5.21. The highest BCUT2D eigenvalue weighted by molar-refractivity contribution is 14.1. The Hall–Kier alpha value is -1.56. The SMILES string of the molecule is O=C(Nc1ccc2c(c1)CCO2)c1cccc(I)c1. The van der Waals surface area contributed by atoms with Crippen molar-refractivity contribution in [1.82, 2.24) is 0 Å². The van der Waals surface area contributed by atoms with Gasteiger partial charge in [-0.15, -0.1) is 0 Å². The van der Waals surface area contributed by atoms with Crippen LogP contribution in [-0.2, 0) is 6.42 Å². The van der Waals surface area contributed by atoms with E-state index in [1.54, 1.807) is 0 Å². The molecule has 19 heavy (non-hydrogen) atoms. The molecule has 1 aliphatic heterocycles. The monoisotopic (exact) mass is 365 g/mol. The Morgan fingerprint density at radius 3 is 2.95 bits per heavy atom. The van der Waals surface area contributed by atoms with Crippen LogP contribution < -0.4 is 10.1 Å². The second-order valence-electron chi connectivity index (χ2n) is 4.39. The fraction of sp³-hybridized carbons (Fsp3) is 0.133. The van der Waals surface area contributed by atoms with Crippen LogP contribution in [0.4, 0.5) is 5.69 Å². The van der Waals surface area contributed by atoms with E-state index < -0.39 is 0 Å². The smallest absolute Gasteiger partial charge is 0.255 e. The Morgan fingerprint density at radius 2 is 2.11 bits per heavy atom. The van der Waals surface area contributed by atoms with Gasteiger partial charge in [0.05, 0.1) is 6.61 Å². The van der Waals surface area contributed by atoms with Crippen LogP contribution in [0.25, 0.3) is 0 Å². The summed E-state index contributed by atoms with van der Waals surface area (Å²) in [5.74, 6) is 0.838. The standard InChI is InChI=1S/C15H12INO2/c16-12-3-1-2-11(8-12)15(18)17-13-4-5-14-10(9-13)6-7-19-14/h1-5,8-9H,6-7H2,(H,17,18). The van der Waals surface area contributed by atoms with Crippen molar-refractivity contribution in [2.45, 2.75) is 6.42 Å². The molecule has 1 amide bonds. The molecule has 0 fully saturated rings. The minimum atomic E-state index is -0.0858. The number of amides is 1. The van der Waals surface area contributed by atoms with Gasteiger partial charge in [-0.1, -0.05) is 6.07 Å². The van der Waals surface area contributed by atoms with E-state index in [0.717, 1.165) is 33.6 Å². The predicted octanol–water partition coefficient (Wildman–Crippen LogP) is 3.48.